The molecule has 1 saturated heterocycles. The monoisotopic (exact) mass is 498 g/mol. The van der Waals surface area contributed by atoms with Gasteiger partial charge < -0.3 is 10.8 Å². The maximum Gasteiger partial charge on any atom is 0.206 e. The predicted octanol–water partition coefficient (Wildman–Crippen LogP) is 3.99. The van der Waals surface area contributed by atoms with Gasteiger partial charge in [-0.3, -0.25) is 0 Å². The van der Waals surface area contributed by atoms with Crippen LogP contribution in [0.15, 0.2) is 83.8 Å². The van der Waals surface area contributed by atoms with Gasteiger partial charge in [0.05, 0.1) is 18.0 Å². The summed E-state index contributed by atoms with van der Waals surface area (Å²) in [7, 11) is 1.49. The Kier molecular flexibility index (Phi) is 10.6. The van der Waals surface area contributed by atoms with Gasteiger partial charge in [0.25, 0.3) is 0 Å². The largest absolute Gasteiger partial charge is 0.412 e. The molecule has 8 heteroatoms. The van der Waals surface area contributed by atoms with Gasteiger partial charge in [0.2, 0.25) is 11.1 Å². The molecule has 0 bridgehead atoms. The number of hydrogen-bond donors (Lipinski definition) is 1. The van der Waals surface area contributed by atoms with Crippen LogP contribution in [-0.2, 0) is 31.7 Å². The second kappa shape index (κ2) is 13.6. The van der Waals surface area contributed by atoms with Crippen LogP contribution in [0.4, 0.5) is 0 Å². The second-order valence-corrected chi connectivity index (χ2v) is 9.62. The van der Waals surface area contributed by atoms with E-state index in [9.17, 15) is 4.21 Å². The molecule has 0 radical (unpaired) electrons. The second-order valence-electron chi connectivity index (χ2n) is 8.53. The molecule has 0 amide bonds. The molecule has 7 nitrogen and oxygen atoms in total. The molecular weight excluding hydrogens is 464 g/mol. The van der Waals surface area contributed by atoms with Gasteiger partial charge in [0.15, 0.2) is 0 Å². The molecule has 0 aromatic heterocycles. The van der Waals surface area contributed by atoms with Crippen molar-refractivity contribution in [2.45, 2.75) is 43.3 Å². The van der Waals surface area contributed by atoms with Crippen LogP contribution in [0.3, 0.4) is 0 Å². The van der Waals surface area contributed by atoms with E-state index in [0.29, 0.717) is 24.1 Å². The number of aryl methyl sites for hydroxylation is 1. The van der Waals surface area contributed by atoms with Crippen LogP contribution in [0.1, 0.15) is 24.0 Å². The van der Waals surface area contributed by atoms with Crippen LogP contribution in [0.25, 0.3) is 11.1 Å². The predicted molar refractivity (Wildman–Crippen MR) is 137 cm³/mol. The zero-order chi connectivity index (χ0) is 23.8. The van der Waals surface area contributed by atoms with E-state index < -0.39 is 11.1 Å². The first-order valence-electron chi connectivity index (χ1n) is 11.6. The van der Waals surface area contributed by atoms with Crippen molar-refractivity contribution in [2.75, 3.05) is 20.3 Å². The molecule has 35 heavy (non-hydrogen) atoms. The van der Waals surface area contributed by atoms with Crippen molar-refractivity contribution < 1.29 is 23.7 Å². The van der Waals surface area contributed by atoms with E-state index in [2.05, 4.69) is 48.6 Å². The van der Waals surface area contributed by atoms with Crippen molar-refractivity contribution in [2.24, 2.45) is 0 Å². The van der Waals surface area contributed by atoms with Crippen LogP contribution in [0.5, 0.6) is 0 Å². The van der Waals surface area contributed by atoms with Gasteiger partial charge in [0, 0.05) is 19.1 Å². The number of nitrogens with one attached hydrogen (secondary N) is 1. The SMILES string of the molecule is COOCC1CC(NCc2ccccc2)CCN1OS(=O)c1ccc(-c2ccc(C)cc2)cc1.O. The number of nitrogens with zero attached hydrogens (tertiary/aromatic N) is 1. The smallest absolute Gasteiger partial charge is 0.206 e. The van der Waals surface area contributed by atoms with E-state index in [1.165, 1.54) is 18.2 Å². The minimum atomic E-state index is -1.61. The first kappa shape index (κ1) is 27.2. The highest BCUT2D eigenvalue weighted by Crippen LogP contribution is 2.24. The molecule has 1 aliphatic rings. The Morgan fingerprint density at radius 3 is 2.29 bits per heavy atom. The Morgan fingerprint density at radius 1 is 0.971 bits per heavy atom. The molecule has 3 aromatic carbocycles. The third-order valence-corrected chi connectivity index (χ3v) is 7.06. The number of piperidine rings is 1. The lowest BCUT2D eigenvalue weighted by Crippen LogP contribution is -2.50. The first-order valence-corrected chi connectivity index (χ1v) is 12.7. The fourth-order valence-corrected chi connectivity index (χ4v) is 4.92. The molecule has 0 aliphatic carbocycles. The van der Waals surface area contributed by atoms with Crippen molar-refractivity contribution in [1.82, 2.24) is 10.4 Å². The number of benzene rings is 3. The van der Waals surface area contributed by atoms with Crippen LogP contribution in [0, 0.1) is 6.92 Å². The molecule has 3 unspecified atom stereocenters. The average molecular weight is 499 g/mol. The molecule has 3 N–H and O–H groups in total. The Bertz CT molecular complexity index is 1050. The maximum absolute atomic E-state index is 13.0. The highest BCUT2D eigenvalue weighted by molar-refractivity contribution is 7.80. The molecule has 1 fully saturated rings. The van der Waals surface area contributed by atoms with Crippen molar-refractivity contribution in [3.63, 3.8) is 0 Å². The van der Waals surface area contributed by atoms with Crippen LogP contribution in [-0.4, -0.2) is 47.1 Å². The third kappa shape index (κ3) is 7.78. The topological polar surface area (TPSA) is 91.5 Å². The molecule has 188 valence electrons. The minimum Gasteiger partial charge on any atom is -0.412 e. The summed E-state index contributed by atoms with van der Waals surface area (Å²) < 4.78 is 18.9. The molecule has 3 atom stereocenters. The summed E-state index contributed by atoms with van der Waals surface area (Å²) in [6.07, 6.45) is 1.69. The summed E-state index contributed by atoms with van der Waals surface area (Å²) in [5.74, 6) is 0. The van der Waals surface area contributed by atoms with Crippen molar-refractivity contribution in [3.8, 4) is 11.1 Å². The molecular formula is C27H34N2O5S. The van der Waals surface area contributed by atoms with Crippen LogP contribution in [0.2, 0.25) is 0 Å². The van der Waals surface area contributed by atoms with E-state index >= 15 is 0 Å². The zero-order valence-electron chi connectivity index (χ0n) is 20.2. The highest BCUT2D eigenvalue weighted by Gasteiger charge is 2.31. The van der Waals surface area contributed by atoms with Crippen molar-refractivity contribution >= 4 is 11.1 Å². The number of hydrogen-bond acceptors (Lipinski definition) is 6. The normalized spacial score (nSPS) is 19.1. The standard InChI is InChI=1S/C27H32N2O4S.H2O/c1-21-8-10-23(11-9-21)24-12-14-27(15-13-24)34(30)33-29-17-16-25(18-26(29)20-32-31-2)28-19-22-6-4-3-5-7-22;/h3-15,25-26,28H,16-20H2,1-2H3;1H2. The Morgan fingerprint density at radius 2 is 1.63 bits per heavy atom. The van der Waals surface area contributed by atoms with Gasteiger partial charge in [0.1, 0.15) is 6.61 Å². The fraction of sp³-hybridized carbons (Fsp3) is 0.333. The van der Waals surface area contributed by atoms with Gasteiger partial charge in [-0.05, 0) is 48.6 Å². The van der Waals surface area contributed by atoms with E-state index in [0.717, 1.165) is 30.5 Å². The molecule has 1 aliphatic heterocycles. The van der Waals surface area contributed by atoms with E-state index in [-0.39, 0.29) is 11.5 Å². The van der Waals surface area contributed by atoms with Crippen LogP contribution >= 0.6 is 0 Å². The summed E-state index contributed by atoms with van der Waals surface area (Å²) >= 11 is -1.61. The lowest BCUT2D eigenvalue weighted by Gasteiger charge is -2.37. The van der Waals surface area contributed by atoms with Gasteiger partial charge in [-0.2, -0.15) is 9.35 Å². The molecule has 0 spiro atoms. The molecule has 0 saturated carbocycles. The Labute approximate surface area is 209 Å². The summed E-state index contributed by atoms with van der Waals surface area (Å²) in [5.41, 5.74) is 4.69. The number of hydroxylamine groups is 2. The third-order valence-electron chi connectivity index (χ3n) is 6.07. The Balaban J connectivity index is 0.00000342. The van der Waals surface area contributed by atoms with Gasteiger partial charge in [-0.15, -0.1) is 0 Å². The van der Waals surface area contributed by atoms with E-state index in [1.54, 1.807) is 5.06 Å². The summed E-state index contributed by atoms with van der Waals surface area (Å²) in [6.45, 7) is 3.87. The molecule has 4 rings (SSSR count). The molecule has 3 aromatic rings. The first-order chi connectivity index (χ1) is 16.6. The lowest BCUT2D eigenvalue weighted by atomic mass is 9.99. The highest BCUT2D eigenvalue weighted by atomic mass is 32.2. The van der Waals surface area contributed by atoms with E-state index in [1.807, 2.05) is 42.5 Å². The van der Waals surface area contributed by atoms with Crippen molar-refractivity contribution in [3.05, 3.63) is 90.0 Å². The van der Waals surface area contributed by atoms with Gasteiger partial charge in [-0.25, -0.2) is 14.0 Å². The van der Waals surface area contributed by atoms with Crippen molar-refractivity contribution in [1.29, 1.82) is 0 Å². The zero-order valence-corrected chi connectivity index (χ0v) is 21.0. The van der Waals surface area contributed by atoms with Gasteiger partial charge in [-0.1, -0.05) is 72.3 Å². The summed E-state index contributed by atoms with van der Waals surface area (Å²) in [6, 6.07) is 26.6. The number of rotatable bonds is 10. The lowest BCUT2D eigenvalue weighted by molar-refractivity contribution is -0.291. The average Bonchev–Trinajstić information content (AvgIpc) is 2.88. The van der Waals surface area contributed by atoms with Crippen LogP contribution < -0.4 is 5.32 Å². The Hall–Kier alpha value is -2.43. The summed E-state index contributed by atoms with van der Waals surface area (Å²) in [5, 5.41) is 5.40. The van der Waals surface area contributed by atoms with E-state index in [4.69, 9.17) is 14.1 Å². The summed E-state index contributed by atoms with van der Waals surface area (Å²) in [4.78, 5) is 10.7. The minimum absolute atomic E-state index is 0. The maximum atomic E-state index is 13.0. The quantitative estimate of drug-likeness (QED) is 0.336. The van der Waals surface area contributed by atoms with Gasteiger partial charge >= 0.3 is 0 Å². The molecule has 1 heterocycles. The fourth-order valence-electron chi connectivity index (χ4n) is 4.10.